The molecule has 1 aromatic heterocycles. The molecule has 0 spiro atoms. The van der Waals surface area contributed by atoms with Crippen molar-refractivity contribution in [2.75, 3.05) is 11.5 Å². The van der Waals surface area contributed by atoms with E-state index in [0.717, 1.165) is 6.07 Å². The van der Waals surface area contributed by atoms with E-state index in [4.69, 9.17) is 17.3 Å². The average Bonchev–Trinajstić information content (AvgIpc) is 2.55. The number of imidazole rings is 1. The molecule has 0 aliphatic heterocycles. The minimum Gasteiger partial charge on any atom is -0.369 e. The van der Waals surface area contributed by atoms with Crippen LogP contribution in [0, 0.1) is 5.82 Å². The number of alkyl halides is 3. The Morgan fingerprint density at radius 3 is 2.68 bits per heavy atom. The molecule has 0 saturated carbocycles. The first-order valence-corrected chi connectivity index (χ1v) is 6.46. The predicted octanol–water partition coefficient (Wildman–Crippen LogP) is 3.66. The Balaban J connectivity index is 2.27. The minimum atomic E-state index is -4.30. The number of rotatable bonds is 3. The molecule has 0 bridgehead atoms. The molecule has 2 N–H and O–H groups in total. The second-order valence-electron chi connectivity index (χ2n) is 3.67. The molecular weight excluding hydrogens is 306 g/mol. The summed E-state index contributed by atoms with van der Waals surface area (Å²) in [6.45, 7) is 0.00840. The highest BCUT2D eigenvalue weighted by Crippen LogP contribution is 2.31. The first-order valence-electron chi connectivity index (χ1n) is 5.09. The van der Waals surface area contributed by atoms with Crippen molar-refractivity contribution in [2.45, 2.75) is 12.1 Å². The van der Waals surface area contributed by atoms with E-state index < -0.39 is 11.3 Å². The van der Waals surface area contributed by atoms with Gasteiger partial charge in [-0.25, -0.2) is 9.37 Å². The van der Waals surface area contributed by atoms with Gasteiger partial charge in [0, 0.05) is 18.4 Å². The van der Waals surface area contributed by atoms with Crippen molar-refractivity contribution < 1.29 is 17.6 Å². The summed E-state index contributed by atoms with van der Waals surface area (Å²) in [7, 11) is 0. The SMILES string of the molecule is Nc1nc2cc(F)c(Cl)cc2n1CCSC(F)(F)F. The number of fused-ring (bicyclic) bond motifs is 1. The average molecular weight is 314 g/mol. The number of nitrogens with two attached hydrogens (primary N) is 1. The van der Waals surface area contributed by atoms with Gasteiger partial charge in [-0.3, -0.25) is 0 Å². The zero-order valence-electron chi connectivity index (χ0n) is 9.34. The van der Waals surface area contributed by atoms with Gasteiger partial charge in [0.1, 0.15) is 5.82 Å². The zero-order valence-corrected chi connectivity index (χ0v) is 10.9. The number of anilines is 1. The van der Waals surface area contributed by atoms with E-state index in [1.54, 1.807) is 0 Å². The number of nitrogen functional groups attached to an aromatic ring is 1. The maximum Gasteiger partial charge on any atom is 0.441 e. The largest absolute Gasteiger partial charge is 0.441 e. The van der Waals surface area contributed by atoms with E-state index in [-0.39, 0.29) is 40.5 Å². The molecule has 0 aliphatic rings. The van der Waals surface area contributed by atoms with Crippen LogP contribution in [0.4, 0.5) is 23.5 Å². The molecule has 1 heterocycles. The van der Waals surface area contributed by atoms with Crippen molar-refractivity contribution >= 4 is 40.3 Å². The first-order chi connectivity index (χ1) is 8.78. The van der Waals surface area contributed by atoms with Crippen molar-refractivity contribution in [1.29, 1.82) is 0 Å². The summed E-state index contributed by atoms with van der Waals surface area (Å²) < 4.78 is 50.8. The van der Waals surface area contributed by atoms with E-state index in [0.29, 0.717) is 5.52 Å². The molecule has 9 heteroatoms. The van der Waals surface area contributed by atoms with E-state index in [1.165, 1.54) is 10.6 Å². The lowest BCUT2D eigenvalue weighted by Crippen LogP contribution is -2.09. The van der Waals surface area contributed by atoms with Crippen LogP contribution in [0.2, 0.25) is 5.02 Å². The number of halogens is 5. The van der Waals surface area contributed by atoms with Gasteiger partial charge in [0.15, 0.2) is 0 Å². The van der Waals surface area contributed by atoms with Crippen molar-refractivity contribution in [3.05, 3.63) is 23.0 Å². The molecule has 104 valence electrons. The van der Waals surface area contributed by atoms with Gasteiger partial charge in [-0.2, -0.15) is 13.2 Å². The fourth-order valence-corrected chi connectivity index (χ4v) is 2.29. The van der Waals surface area contributed by atoms with Gasteiger partial charge in [0.05, 0.1) is 16.1 Å². The molecule has 0 fully saturated rings. The van der Waals surface area contributed by atoms with Gasteiger partial charge < -0.3 is 10.3 Å². The lowest BCUT2D eigenvalue weighted by Gasteiger charge is -2.08. The molecule has 1 aromatic carbocycles. The molecule has 2 rings (SSSR count). The monoisotopic (exact) mass is 313 g/mol. The molecular formula is C10H8ClF4N3S. The maximum atomic E-state index is 13.2. The van der Waals surface area contributed by atoms with Crippen molar-refractivity contribution in [3.63, 3.8) is 0 Å². The highest BCUT2D eigenvalue weighted by Gasteiger charge is 2.27. The smallest absolute Gasteiger partial charge is 0.369 e. The topological polar surface area (TPSA) is 43.8 Å². The summed E-state index contributed by atoms with van der Waals surface area (Å²) >= 11 is 5.48. The summed E-state index contributed by atoms with van der Waals surface area (Å²) in [5.41, 5.74) is 1.97. The number of thioether (sulfide) groups is 1. The van der Waals surface area contributed by atoms with Crippen molar-refractivity contribution in [2.24, 2.45) is 0 Å². The maximum absolute atomic E-state index is 13.2. The Bertz CT molecular complexity index is 611. The van der Waals surface area contributed by atoms with E-state index >= 15 is 0 Å². The minimum absolute atomic E-state index is 0.00840. The highest BCUT2D eigenvalue weighted by molar-refractivity contribution is 8.00. The summed E-state index contributed by atoms with van der Waals surface area (Å²) in [5, 5.41) is -0.128. The van der Waals surface area contributed by atoms with Crippen LogP contribution in [0.3, 0.4) is 0 Å². The third-order valence-electron chi connectivity index (χ3n) is 2.40. The number of hydrogen-bond acceptors (Lipinski definition) is 3. The Morgan fingerprint density at radius 1 is 1.37 bits per heavy atom. The van der Waals surface area contributed by atoms with Crippen molar-refractivity contribution in [3.8, 4) is 0 Å². The number of hydrogen-bond donors (Lipinski definition) is 1. The quantitative estimate of drug-likeness (QED) is 0.879. The number of aromatic nitrogens is 2. The fraction of sp³-hybridized carbons (Fsp3) is 0.300. The predicted molar refractivity (Wildman–Crippen MR) is 67.6 cm³/mol. The van der Waals surface area contributed by atoms with Gasteiger partial charge in [0.2, 0.25) is 5.95 Å². The summed E-state index contributed by atoms with van der Waals surface area (Å²) in [6, 6.07) is 2.40. The van der Waals surface area contributed by atoms with Crippen LogP contribution in [-0.2, 0) is 6.54 Å². The van der Waals surface area contributed by atoms with Crippen LogP contribution < -0.4 is 5.73 Å². The van der Waals surface area contributed by atoms with Crippen LogP contribution in [0.15, 0.2) is 12.1 Å². The second kappa shape index (κ2) is 5.09. The van der Waals surface area contributed by atoms with Gasteiger partial charge in [-0.1, -0.05) is 11.6 Å². The molecule has 19 heavy (non-hydrogen) atoms. The first kappa shape index (κ1) is 14.3. The molecule has 0 amide bonds. The zero-order chi connectivity index (χ0) is 14.2. The molecule has 2 aromatic rings. The Morgan fingerprint density at radius 2 is 2.05 bits per heavy atom. The third-order valence-corrected chi connectivity index (χ3v) is 3.40. The molecule has 0 saturated heterocycles. The lowest BCUT2D eigenvalue weighted by atomic mass is 10.3. The second-order valence-corrected chi connectivity index (χ2v) is 5.24. The van der Waals surface area contributed by atoms with Crippen LogP contribution in [0.25, 0.3) is 11.0 Å². The number of nitrogens with zero attached hydrogens (tertiary/aromatic N) is 2. The summed E-state index contributed by atoms with van der Waals surface area (Å²) in [6.07, 6.45) is 0. The van der Waals surface area contributed by atoms with Crippen molar-refractivity contribution in [1.82, 2.24) is 9.55 Å². The normalized spacial score (nSPS) is 12.3. The summed E-state index contributed by atoms with van der Waals surface area (Å²) in [5.74, 6) is -0.836. The van der Waals surface area contributed by atoms with E-state index in [9.17, 15) is 17.6 Å². The van der Waals surface area contributed by atoms with Crippen LogP contribution >= 0.6 is 23.4 Å². The molecule has 0 atom stereocenters. The van der Waals surface area contributed by atoms with Gasteiger partial charge in [-0.05, 0) is 17.8 Å². The molecule has 0 radical (unpaired) electrons. The van der Waals surface area contributed by atoms with Crippen LogP contribution in [0.5, 0.6) is 0 Å². The fourth-order valence-electron chi connectivity index (χ4n) is 1.63. The van der Waals surface area contributed by atoms with E-state index in [1.807, 2.05) is 0 Å². The Labute approximate surface area is 114 Å². The summed E-state index contributed by atoms with van der Waals surface area (Å²) in [4.78, 5) is 3.88. The van der Waals surface area contributed by atoms with E-state index in [2.05, 4.69) is 4.98 Å². The molecule has 0 aliphatic carbocycles. The standard InChI is InChI=1S/C10H8ClF4N3S/c11-5-3-8-7(4-6(5)12)17-9(16)18(8)1-2-19-10(13,14)15/h3-4H,1-2H2,(H2,16,17). The van der Waals surface area contributed by atoms with Gasteiger partial charge in [0.25, 0.3) is 0 Å². The highest BCUT2D eigenvalue weighted by atomic mass is 35.5. The van der Waals surface area contributed by atoms with Crippen LogP contribution in [0.1, 0.15) is 0 Å². The number of aryl methyl sites for hydroxylation is 1. The van der Waals surface area contributed by atoms with Gasteiger partial charge in [-0.15, -0.1) is 0 Å². The number of benzene rings is 1. The Hall–Kier alpha value is -1.15. The third kappa shape index (κ3) is 3.24. The van der Waals surface area contributed by atoms with Crippen LogP contribution in [-0.4, -0.2) is 20.8 Å². The lowest BCUT2D eigenvalue weighted by molar-refractivity contribution is -0.0328. The molecule has 0 unspecified atom stereocenters. The Kier molecular flexibility index (Phi) is 3.82. The molecule has 3 nitrogen and oxygen atoms in total. The van der Waals surface area contributed by atoms with Gasteiger partial charge >= 0.3 is 5.51 Å².